The molecule has 1 aromatic heterocycles. The van der Waals surface area contributed by atoms with Crippen LogP contribution in [0.15, 0.2) is 35.3 Å². The number of unbranched alkanes of at least 4 members (excludes halogenated alkanes) is 3. The minimum Gasteiger partial charge on any atom is -0.469 e. The van der Waals surface area contributed by atoms with E-state index in [4.69, 9.17) is 0 Å². The fourth-order valence-electron chi connectivity index (χ4n) is 2.74. The standard InChI is InChI=1S/C20H29N3O3S/c1-21-20(22-12-8-4-3-5-11-19(25)26-2)23-14-16(24)18-13-15-9-6-7-10-17(15)27-18/h6-7,9-10,13,16,24H,3-5,8,11-12,14H2,1-2H3,(H2,21,22,23). The van der Waals surface area contributed by atoms with Crippen LogP contribution in [0.1, 0.15) is 43.1 Å². The molecule has 0 spiro atoms. The van der Waals surface area contributed by atoms with E-state index in [1.807, 2.05) is 18.2 Å². The maximum absolute atomic E-state index is 11.0. The Balaban J connectivity index is 1.64. The summed E-state index contributed by atoms with van der Waals surface area (Å²) in [6.07, 6.45) is 3.84. The summed E-state index contributed by atoms with van der Waals surface area (Å²) in [6, 6.07) is 10.2. The number of aliphatic imine (C=N–C) groups is 1. The zero-order valence-corrected chi connectivity index (χ0v) is 16.8. The molecule has 0 aliphatic rings. The van der Waals surface area contributed by atoms with Gasteiger partial charge in [-0.1, -0.05) is 31.0 Å². The first-order valence-electron chi connectivity index (χ1n) is 9.32. The highest BCUT2D eigenvalue weighted by Gasteiger charge is 2.12. The summed E-state index contributed by atoms with van der Waals surface area (Å²) in [5, 5.41) is 18.0. The van der Waals surface area contributed by atoms with Crippen molar-refractivity contribution in [3.63, 3.8) is 0 Å². The van der Waals surface area contributed by atoms with Crippen LogP contribution in [0.25, 0.3) is 10.1 Å². The fraction of sp³-hybridized carbons (Fsp3) is 0.500. The minimum absolute atomic E-state index is 0.144. The van der Waals surface area contributed by atoms with E-state index in [9.17, 15) is 9.90 Å². The lowest BCUT2D eigenvalue weighted by atomic mass is 10.1. The van der Waals surface area contributed by atoms with Gasteiger partial charge in [-0.15, -0.1) is 11.3 Å². The van der Waals surface area contributed by atoms with Crippen molar-refractivity contribution in [3.8, 4) is 0 Å². The van der Waals surface area contributed by atoms with Crippen molar-refractivity contribution in [2.75, 3.05) is 27.2 Å². The van der Waals surface area contributed by atoms with Gasteiger partial charge in [0.05, 0.1) is 7.11 Å². The molecule has 3 N–H and O–H groups in total. The second kappa shape index (κ2) is 11.6. The van der Waals surface area contributed by atoms with Crippen molar-refractivity contribution < 1.29 is 14.6 Å². The van der Waals surface area contributed by atoms with Crippen molar-refractivity contribution in [2.24, 2.45) is 4.99 Å². The van der Waals surface area contributed by atoms with E-state index in [0.717, 1.165) is 42.5 Å². The van der Waals surface area contributed by atoms with Crippen molar-refractivity contribution >= 4 is 33.4 Å². The highest BCUT2D eigenvalue weighted by molar-refractivity contribution is 7.19. The number of nitrogens with zero attached hydrogens (tertiary/aromatic N) is 1. The summed E-state index contributed by atoms with van der Waals surface area (Å²) >= 11 is 1.61. The highest BCUT2D eigenvalue weighted by atomic mass is 32.1. The normalized spacial score (nSPS) is 12.8. The number of methoxy groups -OCH3 is 1. The third-order valence-electron chi connectivity index (χ3n) is 4.29. The van der Waals surface area contributed by atoms with Crippen LogP contribution in [-0.2, 0) is 9.53 Å². The second-order valence-corrected chi connectivity index (χ2v) is 7.44. The Labute approximate surface area is 164 Å². The molecule has 6 nitrogen and oxygen atoms in total. The highest BCUT2D eigenvalue weighted by Crippen LogP contribution is 2.29. The predicted octanol–water partition coefficient (Wildman–Crippen LogP) is 3.22. The van der Waals surface area contributed by atoms with Gasteiger partial charge >= 0.3 is 5.97 Å². The Morgan fingerprint density at radius 1 is 1.22 bits per heavy atom. The van der Waals surface area contributed by atoms with Crippen LogP contribution in [0.3, 0.4) is 0 Å². The predicted molar refractivity (Wildman–Crippen MR) is 111 cm³/mol. The molecule has 0 saturated heterocycles. The number of hydrogen-bond acceptors (Lipinski definition) is 5. The third kappa shape index (κ3) is 7.19. The number of carbonyl (C=O) groups excluding carboxylic acids is 1. The average Bonchev–Trinajstić information content (AvgIpc) is 3.13. The zero-order valence-electron chi connectivity index (χ0n) is 16.0. The van der Waals surface area contributed by atoms with Gasteiger partial charge in [0.25, 0.3) is 0 Å². The van der Waals surface area contributed by atoms with Gasteiger partial charge in [0, 0.05) is 36.1 Å². The summed E-state index contributed by atoms with van der Waals surface area (Å²) < 4.78 is 5.81. The van der Waals surface area contributed by atoms with Crippen LogP contribution in [0.5, 0.6) is 0 Å². The molecular weight excluding hydrogens is 362 g/mol. The van der Waals surface area contributed by atoms with Crippen LogP contribution in [0.2, 0.25) is 0 Å². The van der Waals surface area contributed by atoms with Crippen molar-refractivity contribution in [1.29, 1.82) is 0 Å². The molecule has 1 atom stereocenters. The van der Waals surface area contributed by atoms with E-state index in [1.54, 1.807) is 18.4 Å². The van der Waals surface area contributed by atoms with Gasteiger partial charge in [-0.25, -0.2) is 0 Å². The number of rotatable bonds is 10. The van der Waals surface area contributed by atoms with Crippen molar-refractivity contribution in [3.05, 3.63) is 35.2 Å². The van der Waals surface area contributed by atoms with Crippen LogP contribution < -0.4 is 10.6 Å². The molecule has 0 aliphatic heterocycles. The molecule has 2 rings (SSSR count). The number of nitrogens with one attached hydrogen (secondary N) is 2. The van der Waals surface area contributed by atoms with Gasteiger partial charge < -0.3 is 20.5 Å². The summed E-state index contributed by atoms with van der Waals surface area (Å²) in [5.41, 5.74) is 0. The maximum Gasteiger partial charge on any atom is 0.305 e. The number of esters is 1. The summed E-state index contributed by atoms with van der Waals surface area (Å²) in [5.74, 6) is 0.541. The van der Waals surface area contributed by atoms with Gasteiger partial charge in [0.1, 0.15) is 6.10 Å². The number of carbonyl (C=O) groups is 1. The van der Waals surface area contributed by atoms with Gasteiger partial charge in [-0.05, 0) is 30.4 Å². The summed E-state index contributed by atoms with van der Waals surface area (Å²) in [7, 11) is 3.14. The number of thiophene rings is 1. The lowest BCUT2D eigenvalue weighted by Gasteiger charge is -2.14. The zero-order chi connectivity index (χ0) is 19.5. The number of aliphatic hydroxyl groups is 1. The smallest absolute Gasteiger partial charge is 0.305 e. The Morgan fingerprint density at radius 3 is 2.74 bits per heavy atom. The monoisotopic (exact) mass is 391 g/mol. The topological polar surface area (TPSA) is 83.0 Å². The Kier molecular flexibility index (Phi) is 9.07. The number of fused-ring (bicyclic) bond motifs is 1. The first-order chi connectivity index (χ1) is 13.1. The van der Waals surface area contributed by atoms with Crippen LogP contribution >= 0.6 is 11.3 Å². The molecule has 0 fully saturated rings. The van der Waals surface area contributed by atoms with Crippen LogP contribution in [0, 0.1) is 0 Å². The maximum atomic E-state index is 11.0. The quantitative estimate of drug-likeness (QED) is 0.251. The van der Waals surface area contributed by atoms with Gasteiger partial charge in [-0.3, -0.25) is 9.79 Å². The van der Waals surface area contributed by atoms with Crippen molar-refractivity contribution in [2.45, 2.75) is 38.2 Å². The van der Waals surface area contributed by atoms with E-state index < -0.39 is 6.10 Å². The number of guanidine groups is 1. The molecule has 1 unspecified atom stereocenters. The van der Waals surface area contributed by atoms with E-state index in [1.165, 1.54) is 11.8 Å². The largest absolute Gasteiger partial charge is 0.469 e. The number of ether oxygens (including phenoxy) is 1. The van der Waals surface area contributed by atoms with Gasteiger partial charge in [-0.2, -0.15) is 0 Å². The van der Waals surface area contributed by atoms with E-state index >= 15 is 0 Å². The third-order valence-corrected chi connectivity index (χ3v) is 5.50. The summed E-state index contributed by atoms with van der Waals surface area (Å²) in [4.78, 5) is 16.2. The minimum atomic E-state index is -0.570. The van der Waals surface area contributed by atoms with E-state index in [0.29, 0.717) is 18.9 Å². The molecule has 7 heteroatoms. The van der Waals surface area contributed by atoms with Gasteiger partial charge in [0.15, 0.2) is 5.96 Å². The summed E-state index contributed by atoms with van der Waals surface area (Å²) in [6.45, 7) is 1.21. The molecule has 0 radical (unpaired) electrons. The van der Waals surface area contributed by atoms with E-state index in [2.05, 4.69) is 32.5 Å². The SMILES string of the molecule is CN=C(NCCCCCCC(=O)OC)NCC(O)c1cc2ccccc2s1. The van der Waals surface area contributed by atoms with Gasteiger partial charge in [0.2, 0.25) is 0 Å². The van der Waals surface area contributed by atoms with Crippen molar-refractivity contribution in [1.82, 2.24) is 10.6 Å². The Morgan fingerprint density at radius 2 is 2.00 bits per heavy atom. The molecule has 1 heterocycles. The molecule has 1 aromatic carbocycles. The molecule has 0 aliphatic carbocycles. The molecule has 2 aromatic rings. The number of benzene rings is 1. The Hall–Kier alpha value is -2.12. The Bertz CT molecular complexity index is 712. The molecule has 0 amide bonds. The number of hydrogen-bond donors (Lipinski definition) is 3. The molecular formula is C20H29N3O3S. The molecule has 0 saturated carbocycles. The van der Waals surface area contributed by atoms with Crippen LogP contribution in [0.4, 0.5) is 0 Å². The average molecular weight is 392 g/mol. The fourth-order valence-corrected chi connectivity index (χ4v) is 3.79. The molecule has 0 bridgehead atoms. The van der Waals surface area contributed by atoms with E-state index in [-0.39, 0.29) is 5.97 Å². The lowest BCUT2D eigenvalue weighted by Crippen LogP contribution is -2.39. The number of aliphatic hydroxyl groups excluding tert-OH is 1. The van der Waals surface area contributed by atoms with Crippen LogP contribution in [-0.4, -0.2) is 44.3 Å². The lowest BCUT2D eigenvalue weighted by molar-refractivity contribution is -0.140. The molecule has 27 heavy (non-hydrogen) atoms. The first-order valence-corrected chi connectivity index (χ1v) is 10.1. The first kappa shape index (κ1) is 21.2. The molecule has 148 valence electrons. The second-order valence-electron chi connectivity index (χ2n) is 6.32.